The smallest absolute Gasteiger partial charge is 0.264 e. The third-order valence-electron chi connectivity index (χ3n) is 7.90. The van der Waals surface area contributed by atoms with E-state index in [-0.39, 0.29) is 35.5 Å². The Labute approximate surface area is 287 Å². The molecule has 0 aliphatic carbocycles. The summed E-state index contributed by atoms with van der Waals surface area (Å²) in [5.74, 6) is -0.853. The molecule has 0 saturated heterocycles. The predicted octanol–water partition coefficient (Wildman–Crippen LogP) is 6.70. The van der Waals surface area contributed by atoms with Crippen molar-refractivity contribution in [2.75, 3.05) is 23.7 Å². The van der Waals surface area contributed by atoms with E-state index in [1.807, 2.05) is 57.4 Å². The second-order valence-corrected chi connectivity index (χ2v) is 14.0. The van der Waals surface area contributed by atoms with Crippen LogP contribution in [0.2, 0.25) is 0 Å². The third kappa shape index (κ3) is 9.60. The van der Waals surface area contributed by atoms with Crippen LogP contribution >= 0.6 is 11.8 Å². The molecule has 254 valence electrons. The quantitative estimate of drug-likeness (QED) is 0.132. The molecule has 0 aliphatic heterocycles. The monoisotopic (exact) mass is 691 g/mol. The highest BCUT2D eigenvalue weighted by molar-refractivity contribution is 7.98. The molecule has 11 heteroatoms. The van der Waals surface area contributed by atoms with Crippen LogP contribution in [0.25, 0.3) is 0 Å². The van der Waals surface area contributed by atoms with E-state index < -0.39 is 34.3 Å². The molecule has 0 bridgehead atoms. The van der Waals surface area contributed by atoms with E-state index in [0.29, 0.717) is 24.3 Å². The highest BCUT2D eigenvalue weighted by Gasteiger charge is 2.35. The van der Waals surface area contributed by atoms with Crippen molar-refractivity contribution in [2.24, 2.45) is 0 Å². The van der Waals surface area contributed by atoms with Gasteiger partial charge in [0.25, 0.3) is 10.0 Å². The molecule has 0 fully saturated rings. The van der Waals surface area contributed by atoms with Gasteiger partial charge >= 0.3 is 0 Å². The molecular formula is C37H42FN3O5S2. The summed E-state index contributed by atoms with van der Waals surface area (Å²) in [7, 11) is -4.25. The molecule has 2 atom stereocenters. The summed E-state index contributed by atoms with van der Waals surface area (Å²) in [4.78, 5) is 30.8. The van der Waals surface area contributed by atoms with Gasteiger partial charge in [0, 0.05) is 23.9 Å². The van der Waals surface area contributed by atoms with Crippen molar-refractivity contribution in [3.05, 3.63) is 120 Å². The minimum absolute atomic E-state index is 0.0161. The Balaban J connectivity index is 1.80. The maximum Gasteiger partial charge on any atom is 0.264 e. The summed E-state index contributed by atoms with van der Waals surface area (Å²) in [6.07, 6.45) is 2.75. The number of carbonyl (C=O) groups is 2. The van der Waals surface area contributed by atoms with Gasteiger partial charge in [-0.05, 0) is 98.3 Å². The second kappa shape index (κ2) is 17.2. The number of benzene rings is 4. The summed E-state index contributed by atoms with van der Waals surface area (Å²) in [6.45, 7) is 5.46. The highest BCUT2D eigenvalue weighted by Crippen LogP contribution is 2.28. The van der Waals surface area contributed by atoms with Gasteiger partial charge in [-0.25, -0.2) is 12.8 Å². The lowest BCUT2D eigenvalue weighted by Gasteiger charge is -2.34. The van der Waals surface area contributed by atoms with Crippen molar-refractivity contribution in [3.8, 4) is 5.75 Å². The van der Waals surface area contributed by atoms with Crippen LogP contribution in [0.15, 0.2) is 113 Å². The largest absolute Gasteiger partial charge is 0.494 e. The fourth-order valence-electron chi connectivity index (χ4n) is 5.06. The van der Waals surface area contributed by atoms with E-state index in [4.69, 9.17) is 4.74 Å². The Morgan fingerprint density at radius 1 is 0.875 bits per heavy atom. The van der Waals surface area contributed by atoms with Crippen LogP contribution in [-0.2, 0) is 32.6 Å². The van der Waals surface area contributed by atoms with Gasteiger partial charge in [0.2, 0.25) is 11.8 Å². The van der Waals surface area contributed by atoms with Crippen LogP contribution in [-0.4, -0.2) is 56.6 Å². The van der Waals surface area contributed by atoms with Gasteiger partial charge in [-0.2, -0.15) is 0 Å². The average Bonchev–Trinajstić information content (AvgIpc) is 3.10. The SMILES string of the molecule is CCOc1ccc(N(CC(=O)N(Cc2ccc(F)cc2)[C@H](Cc2ccccc2)C(=O)N[C@H](C)CC)S(=O)(=O)c2ccc(SC)cc2)cc1. The fraction of sp³-hybridized carbons (Fsp3) is 0.297. The Morgan fingerprint density at radius 2 is 1.52 bits per heavy atom. The van der Waals surface area contributed by atoms with E-state index in [1.54, 1.807) is 48.5 Å². The average molecular weight is 692 g/mol. The van der Waals surface area contributed by atoms with Gasteiger partial charge in [0.1, 0.15) is 24.2 Å². The van der Waals surface area contributed by atoms with Gasteiger partial charge in [0.15, 0.2) is 0 Å². The van der Waals surface area contributed by atoms with Crippen LogP contribution in [0.3, 0.4) is 0 Å². The van der Waals surface area contributed by atoms with Gasteiger partial charge in [-0.1, -0.05) is 49.4 Å². The number of ether oxygens (including phenoxy) is 1. The van der Waals surface area contributed by atoms with Crippen LogP contribution in [0.5, 0.6) is 5.75 Å². The van der Waals surface area contributed by atoms with Gasteiger partial charge < -0.3 is 15.0 Å². The second-order valence-electron chi connectivity index (χ2n) is 11.3. The fourth-order valence-corrected chi connectivity index (χ4v) is 6.88. The number of thioether (sulfide) groups is 1. The van der Waals surface area contributed by atoms with Gasteiger partial charge in [-0.15, -0.1) is 11.8 Å². The molecule has 48 heavy (non-hydrogen) atoms. The first-order chi connectivity index (χ1) is 23.0. The van der Waals surface area contributed by atoms with Crippen LogP contribution < -0.4 is 14.4 Å². The number of nitrogens with zero attached hydrogens (tertiary/aromatic N) is 2. The third-order valence-corrected chi connectivity index (χ3v) is 10.4. The number of nitrogens with one attached hydrogen (secondary N) is 1. The van der Waals surface area contributed by atoms with E-state index >= 15 is 0 Å². The van der Waals surface area contributed by atoms with Crippen LogP contribution in [0.4, 0.5) is 10.1 Å². The number of halogens is 1. The molecule has 4 aromatic rings. The molecule has 0 unspecified atom stereocenters. The summed E-state index contributed by atoms with van der Waals surface area (Å²) in [6, 6.07) is 26.8. The number of hydrogen-bond acceptors (Lipinski definition) is 6. The topological polar surface area (TPSA) is 96.0 Å². The van der Waals surface area contributed by atoms with Crippen molar-refractivity contribution < 1.29 is 27.1 Å². The number of carbonyl (C=O) groups excluding carboxylic acids is 2. The Kier molecular flexibility index (Phi) is 13.0. The molecule has 4 rings (SSSR count). The van der Waals surface area contributed by atoms with Gasteiger partial charge in [-0.3, -0.25) is 13.9 Å². The zero-order chi connectivity index (χ0) is 34.7. The lowest BCUT2D eigenvalue weighted by Crippen LogP contribution is -2.54. The number of rotatable bonds is 16. The zero-order valence-electron chi connectivity index (χ0n) is 27.6. The Hall–Kier alpha value is -4.35. The molecule has 4 aromatic carbocycles. The van der Waals surface area contributed by atoms with E-state index in [0.717, 1.165) is 14.8 Å². The minimum atomic E-state index is -4.25. The molecule has 8 nitrogen and oxygen atoms in total. The molecular weight excluding hydrogens is 650 g/mol. The standard InChI is InChI=1S/C37H42FN3O5S2/c1-5-27(3)39-37(43)35(24-28-10-8-7-9-11-28)40(25-29-12-14-30(38)15-13-29)36(42)26-41(31-16-18-32(19-17-31)46-6-2)48(44,45)34-22-20-33(47-4)21-23-34/h7-23,27,35H,5-6,24-26H2,1-4H3,(H,39,43)/t27-,35-/m1/s1. The van der Waals surface area contributed by atoms with Crippen molar-refractivity contribution >= 4 is 39.3 Å². The first-order valence-electron chi connectivity index (χ1n) is 15.8. The summed E-state index contributed by atoms with van der Waals surface area (Å²) >= 11 is 1.48. The summed E-state index contributed by atoms with van der Waals surface area (Å²) < 4.78 is 49.1. The number of hydrogen-bond donors (Lipinski definition) is 1. The van der Waals surface area contributed by atoms with Crippen molar-refractivity contribution in [3.63, 3.8) is 0 Å². The lowest BCUT2D eigenvalue weighted by molar-refractivity contribution is -0.140. The molecule has 2 amide bonds. The first-order valence-corrected chi connectivity index (χ1v) is 18.5. The highest BCUT2D eigenvalue weighted by atomic mass is 32.2. The summed E-state index contributed by atoms with van der Waals surface area (Å²) in [5, 5.41) is 3.01. The molecule has 0 spiro atoms. The molecule has 0 aromatic heterocycles. The normalized spacial score (nSPS) is 12.5. The number of anilines is 1. The van der Waals surface area contributed by atoms with Crippen LogP contribution in [0.1, 0.15) is 38.3 Å². The number of sulfonamides is 1. The Morgan fingerprint density at radius 3 is 2.10 bits per heavy atom. The summed E-state index contributed by atoms with van der Waals surface area (Å²) in [5.41, 5.74) is 1.66. The molecule has 1 N–H and O–H groups in total. The molecule has 0 radical (unpaired) electrons. The van der Waals surface area contributed by atoms with E-state index in [1.165, 1.54) is 40.9 Å². The van der Waals surface area contributed by atoms with Crippen LogP contribution in [0, 0.1) is 5.82 Å². The van der Waals surface area contributed by atoms with E-state index in [2.05, 4.69) is 5.32 Å². The Bertz CT molecular complexity index is 1740. The minimum Gasteiger partial charge on any atom is -0.494 e. The lowest BCUT2D eigenvalue weighted by atomic mass is 10.0. The van der Waals surface area contributed by atoms with Crippen molar-refractivity contribution in [2.45, 2.75) is 62.0 Å². The van der Waals surface area contributed by atoms with Gasteiger partial charge in [0.05, 0.1) is 17.2 Å². The maximum absolute atomic E-state index is 14.6. The van der Waals surface area contributed by atoms with Crippen molar-refractivity contribution in [1.29, 1.82) is 0 Å². The van der Waals surface area contributed by atoms with Crippen molar-refractivity contribution in [1.82, 2.24) is 10.2 Å². The molecule has 0 aliphatic rings. The van der Waals surface area contributed by atoms with E-state index in [9.17, 15) is 22.4 Å². The first kappa shape index (κ1) is 36.5. The number of amides is 2. The molecule has 0 saturated carbocycles. The zero-order valence-corrected chi connectivity index (χ0v) is 29.3. The molecule has 0 heterocycles. The predicted molar refractivity (Wildman–Crippen MR) is 189 cm³/mol. The maximum atomic E-state index is 14.6.